The van der Waals surface area contributed by atoms with Gasteiger partial charge in [-0.3, -0.25) is 0 Å². The van der Waals surface area contributed by atoms with Crippen molar-refractivity contribution >= 4 is 11.1 Å². The average Bonchev–Trinajstić information content (AvgIpc) is 2.41. The van der Waals surface area contributed by atoms with Crippen LogP contribution < -0.4 is 0 Å². The molecule has 3 nitrogen and oxygen atoms in total. The molecule has 0 bridgehead atoms. The maximum atomic E-state index is 5.03. The molecule has 0 amide bonds. The van der Waals surface area contributed by atoms with Crippen molar-refractivity contribution in [1.82, 2.24) is 9.72 Å². The minimum Gasteiger partial charge on any atom is -0.337 e. The predicted molar refractivity (Wildman–Crippen MR) is 37.7 cm³/mol. The largest absolute Gasteiger partial charge is 0.337 e. The highest BCUT2D eigenvalue weighted by Crippen LogP contribution is 2.16. The molecule has 10 heavy (non-hydrogen) atoms. The third kappa shape index (κ3) is 0.518. The number of nitrogens with zero attached hydrogens (tertiary/aromatic N) is 2. The smallest absolute Gasteiger partial charge is 0.238 e. The molecule has 0 aliphatic heterocycles. The Kier molecular flexibility index (Phi) is 0.897. The van der Waals surface area contributed by atoms with Gasteiger partial charge in [0.1, 0.15) is 0 Å². The minimum atomic E-state index is 0.845. The zero-order valence-electron chi connectivity index (χ0n) is 5.96. The molecule has 0 aliphatic rings. The van der Waals surface area contributed by atoms with E-state index in [1.807, 2.05) is 30.8 Å². The van der Waals surface area contributed by atoms with E-state index in [1.54, 1.807) is 0 Å². The molecule has 0 saturated heterocycles. The Hall–Kier alpha value is -1.25. The van der Waals surface area contributed by atoms with Gasteiger partial charge in [-0.15, -0.1) is 0 Å². The summed E-state index contributed by atoms with van der Waals surface area (Å²) in [7, 11) is 1.94. The summed E-state index contributed by atoms with van der Waals surface area (Å²) < 4.78 is 6.94. The van der Waals surface area contributed by atoms with Crippen LogP contribution in [0.4, 0.5) is 0 Å². The van der Waals surface area contributed by atoms with Crippen molar-refractivity contribution in [2.24, 2.45) is 7.05 Å². The molecule has 2 aromatic heterocycles. The van der Waals surface area contributed by atoms with E-state index in [2.05, 4.69) is 5.16 Å². The van der Waals surface area contributed by atoms with Gasteiger partial charge in [0.25, 0.3) is 0 Å². The predicted octanol–water partition coefficient (Wildman–Crippen LogP) is 1.47. The van der Waals surface area contributed by atoms with Crippen molar-refractivity contribution in [3.8, 4) is 0 Å². The highest BCUT2D eigenvalue weighted by molar-refractivity contribution is 5.76. The van der Waals surface area contributed by atoms with Crippen LogP contribution in [0.5, 0.6) is 0 Å². The molecule has 52 valence electrons. The van der Waals surface area contributed by atoms with Gasteiger partial charge in [-0.25, -0.2) is 0 Å². The normalized spacial score (nSPS) is 11.0. The number of hydrogen-bond acceptors (Lipinski definition) is 2. The van der Waals surface area contributed by atoms with Gasteiger partial charge >= 0.3 is 0 Å². The molecule has 0 radical (unpaired) electrons. The first-order valence-corrected chi connectivity index (χ1v) is 3.16. The van der Waals surface area contributed by atoms with Gasteiger partial charge in [0.05, 0.1) is 11.1 Å². The van der Waals surface area contributed by atoms with Gasteiger partial charge < -0.3 is 9.09 Å². The number of aromatic nitrogens is 2. The molecule has 3 heteroatoms. The molecule has 2 heterocycles. The highest BCUT2D eigenvalue weighted by atomic mass is 16.5. The quantitative estimate of drug-likeness (QED) is 0.549. The van der Waals surface area contributed by atoms with Crippen LogP contribution in [-0.2, 0) is 7.05 Å². The van der Waals surface area contributed by atoms with Crippen LogP contribution in [0.2, 0.25) is 0 Å². The maximum absolute atomic E-state index is 5.03. The van der Waals surface area contributed by atoms with Crippen molar-refractivity contribution in [2.75, 3.05) is 0 Å². The third-order valence-corrected chi connectivity index (χ3v) is 1.67. The molecular weight excluding hydrogens is 128 g/mol. The van der Waals surface area contributed by atoms with Crippen molar-refractivity contribution in [3.05, 3.63) is 18.0 Å². The number of rotatable bonds is 0. The summed E-state index contributed by atoms with van der Waals surface area (Å²) in [5.74, 6) is 0. The third-order valence-electron chi connectivity index (χ3n) is 1.67. The molecular formula is C7H8N2O. The van der Waals surface area contributed by atoms with Crippen molar-refractivity contribution < 1.29 is 4.52 Å². The summed E-state index contributed by atoms with van der Waals surface area (Å²) in [4.78, 5) is 0. The van der Waals surface area contributed by atoms with Crippen LogP contribution in [0.3, 0.4) is 0 Å². The van der Waals surface area contributed by atoms with Crippen molar-refractivity contribution in [3.63, 3.8) is 0 Å². The van der Waals surface area contributed by atoms with Crippen LogP contribution in [0.1, 0.15) is 5.69 Å². The topological polar surface area (TPSA) is 31.0 Å². The Balaban J connectivity index is 2.95. The van der Waals surface area contributed by atoms with Crippen molar-refractivity contribution in [1.29, 1.82) is 0 Å². The molecule has 0 spiro atoms. The number of fused-ring (bicyclic) bond motifs is 1. The van der Waals surface area contributed by atoms with E-state index in [0.717, 1.165) is 16.8 Å². The Morgan fingerprint density at radius 3 is 3.10 bits per heavy atom. The molecule has 0 saturated carbocycles. The van der Waals surface area contributed by atoms with Crippen LogP contribution in [-0.4, -0.2) is 9.72 Å². The fourth-order valence-corrected chi connectivity index (χ4v) is 1.07. The van der Waals surface area contributed by atoms with Gasteiger partial charge in [-0.05, 0) is 13.0 Å². The summed E-state index contributed by atoms with van der Waals surface area (Å²) in [5.41, 5.74) is 1.80. The van der Waals surface area contributed by atoms with E-state index >= 15 is 0 Å². The van der Waals surface area contributed by atoms with E-state index in [9.17, 15) is 0 Å². The Morgan fingerprint density at radius 1 is 1.60 bits per heavy atom. The summed E-state index contributed by atoms with van der Waals surface area (Å²) >= 11 is 0. The van der Waals surface area contributed by atoms with Crippen LogP contribution in [0, 0.1) is 6.92 Å². The van der Waals surface area contributed by atoms with Gasteiger partial charge in [0, 0.05) is 13.2 Å². The zero-order valence-corrected chi connectivity index (χ0v) is 5.96. The summed E-state index contributed by atoms with van der Waals surface area (Å²) in [5, 5.41) is 4.92. The lowest BCUT2D eigenvalue weighted by molar-refractivity contribution is 0.434. The first kappa shape index (κ1) is 5.53. The zero-order chi connectivity index (χ0) is 7.14. The second-order valence-corrected chi connectivity index (χ2v) is 2.41. The summed E-state index contributed by atoms with van der Waals surface area (Å²) in [6.07, 6.45) is 1.96. The molecule has 0 N–H and O–H groups in total. The van der Waals surface area contributed by atoms with Crippen LogP contribution in [0.25, 0.3) is 11.1 Å². The van der Waals surface area contributed by atoms with E-state index in [0.29, 0.717) is 0 Å². The lowest BCUT2D eigenvalue weighted by Gasteiger charge is -1.83. The second-order valence-electron chi connectivity index (χ2n) is 2.41. The standard InChI is InChI=1S/C7H8N2O/c1-5-6-3-4-9(2)7(6)10-8-5/h3-4H,1-2H3. The van der Waals surface area contributed by atoms with Crippen LogP contribution in [0.15, 0.2) is 16.8 Å². The Morgan fingerprint density at radius 2 is 2.40 bits per heavy atom. The first-order chi connectivity index (χ1) is 4.79. The SMILES string of the molecule is Cc1noc2c1ccn2C. The molecule has 2 rings (SSSR count). The van der Waals surface area contributed by atoms with Gasteiger partial charge in [0.2, 0.25) is 5.71 Å². The Labute approximate surface area is 58.2 Å². The maximum Gasteiger partial charge on any atom is 0.238 e. The lowest BCUT2D eigenvalue weighted by Crippen LogP contribution is -1.79. The van der Waals surface area contributed by atoms with Gasteiger partial charge in [-0.2, -0.15) is 0 Å². The average molecular weight is 136 g/mol. The second kappa shape index (κ2) is 1.62. The molecule has 0 fully saturated rings. The van der Waals surface area contributed by atoms with E-state index in [1.165, 1.54) is 0 Å². The van der Waals surface area contributed by atoms with E-state index < -0.39 is 0 Å². The molecule has 0 unspecified atom stereocenters. The van der Waals surface area contributed by atoms with Crippen molar-refractivity contribution in [2.45, 2.75) is 6.92 Å². The fraction of sp³-hybridized carbons (Fsp3) is 0.286. The Bertz CT molecular complexity index is 322. The lowest BCUT2D eigenvalue weighted by atomic mass is 10.3. The highest BCUT2D eigenvalue weighted by Gasteiger charge is 2.05. The number of hydrogen-bond donors (Lipinski definition) is 0. The van der Waals surface area contributed by atoms with Gasteiger partial charge in [-0.1, -0.05) is 5.16 Å². The monoisotopic (exact) mass is 136 g/mol. The fourth-order valence-electron chi connectivity index (χ4n) is 1.07. The summed E-state index contributed by atoms with van der Waals surface area (Å²) in [6, 6.07) is 2.00. The minimum absolute atomic E-state index is 0.845. The van der Waals surface area contributed by atoms with Gasteiger partial charge in [0.15, 0.2) is 0 Å². The number of aryl methyl sites for hydroxylation is 2. The molecule has 2 aromatic rings. The molecule has 0 aromatic carbocycles. The molecule has 0 aliphatic carbocycles. The van der Waals surface area contributed by atoms with Crippen LogP contribution >= 0.6 is 0 Å². The van der Waals surface area contributed by atoms with E-state index in [-0.39, 0.29) is 0 Å². The van der Waals surface area contributed by atoms with E-state index in [4.69, 9.17) is 4.52 Å². The molecule has 0 atom stereocenters. The summed E-state index contributed by atoms with van der Waals surface area (Å²) in [6.45, 7) is 1.94. The first-order valence-electron chi connectivity index (χ1n) is 3.16.